The number of nitrogens with zero attached hydrogens (tertiary/aromatic N) is 1. The van der Waals surface area contributed by atoms with E-state index < -0.39 is 0 Å². The normalized spacial score (nSPS) is 27.8. The lowest BCUT2D eigenvalue weighted by molar-refractivity contribution is -0.138. The minimum atomic E-state index is -0.318. The van der Waals surface area contributed by atoms with E-state index in [0.717, 1.165) is 25.2 Å². The first-order valence-electron chi connectivity index (χ1n) is 6.68. The molecule has 0 aromatic carbocycles. The highest BCUT2D eigenvalue weighted by molar-refractivity contribution is 5.37. The van der Waals surface area contributed by atoms with Crippen LogP contribution in [0, 0.1) is 0 Å². The van der Waals surface area contributed by atoms with Gasteiger partial charge in [0.15, 0.2) is 0 Å². The van der Waals surface area contributed by atoms with E-state index in [1.165, 1.54) is 13.0 Å². The largest absolute Gasteiger partial charge is 0.462 e. The van der Waals surface area contributed by atoms with E-state index in [1.807, 2.05) is 20.8 Å². The summed E-state index contributed by atoms with van der Waals surface area (Å²) in [6.07, 6.45) is 5.85. The predicted octanol–water partition coefficient (Wildman–Crippen LogP) is 1.57. The highest BCUT2D eigenvalue weighted by Crippen LogP contribution is 2.19. The van der Waals surface area contributed by atoms with Gasteiger partial charge in [-0.05, 0) is 34.1 Å². The Hall–Kier alpha value is -0.870. The van der Waals surface area contributed by atoms with Crippen LogP contribution >= 0.6 is 0 Å². The van der Waals surface area contributed by atoms with Gasteiger partial charge in [-0.1, -0.05) is 12.2 Å². The van der Waals surface area contributed by atoms with E-state index in [4.69, 9.17) is 0 Å². The van der Waals surface area contributed by atoms with Crippen LogP contribution in [-0.2, 0) is 9.53 Å². The summed E-state index contributed by atoms with van der Waals surface area (Å²) < 4.78 is 4.55. The Morgan fingerprint density at radius 1 is 1.44 bits per heavy atom. The smallest absolute Gasteiger partial charge is 0.293 e. The van der Waals surface area contributed by atoms with Crippen LogP contribution < -0.4 is 5.32 Å². The number of carbonyl (C=O) groups is 1. The molecule has 1 aliphatic heterocycles. The van der Waals surface area contributed by atoms with Gasteiger partial charge in [0.2, 0.25) is 0 Å². The van der Waals surface area contributed by atoms with Crippen molar-refractivity contribution in [3.05, 3.63) is 12.2 Å². The Balaban J connectivity index is 0.000000203. The molecule has 1 N–H and O–H groups in total. The fraction of sp³-hybridized carbons (Fsp3) is 0.786. The van der Waals surface area contributed by atoms with E-state index in [9.17, 15) is 4.79 Å². The molecule has 104 valence electrons. The summed E-state index contributed by atoms with van der Waals surface area (Å²) in [5.74, 6) is 0. The lowest BCUT2D eigenvalue weighted by Crippen LogP contribution is -2.54. The molecule has 0 amide bonds. The second-order valence-electron chi connectivity index (χ2n) is 5.85. The first-order valence-corrected chi connectivity index (χ1v) is 6.68. The van der Waals surface area contributed by atoms with Crippen LogP contribution in [0.3, 0.4) is 0 Å². The van der Waals surface area contributed by atoms with E-state index in [-0.39, 0.29) is 5.60 Å². The number of ether oxygens (including phenoxy) is 1. The van der Waals surface area contributed by atoms with Gasteiger partial charge in [0.25, 0.3) is 6.47 Å². The van der Waals surface area contributed by atoms with Crippen LogP contribution in [0.4, 0.5) is 0 Å². The quantitative estimate of drug-likeness (QED) is 0.600. The van der Waals surface area contributed by atoms with E-state index in [0.29, 0.717) is 6.47 Å². The summed E-state index contributed by atoms with van der Waals surface area (Å²) in [7, 11) is 0. The molecule has 18 heavy (non-hydrogen) atoms. The van der Waals surface area contributed by atoms with Gasteiger partial charge >= 0.3 is 0 Å². The van der Waals surface area contributed by atoms with Crippen molar-refractivity contribution in [2.24, 2.45) is 0 Å². The Bertz CT molecular complexity index is 284. The molecule has 4 nitrogen and oxygen atoms in total. The number of rotatable bonds is 2. The molecule has 0 radical (unpaired) electrons. The van der Waals surface area contributed by atoms with Crippen LogP contribution in [0.2, 0.25) is 0 Å². The molecule has 4 heteroatoms. The molecule has 1 heterocycles. The molecular weight excluding hydrogens is 228 g/mol. The van der Waals surface area contributed by atoms with Gasteiger partial charge < -0.3 is 10.1 Å². The molecule has 0 saturated carbocycles. The first kappa shape index (κ1) is 15.2. The molecule has 1 aliphatic carbocycles. The summed E-state index contributed by atoms with van der Waals surface area (Å²) in [6, 6.07) is 1.48. The lowest BCUT2D eigenvalue weighted by atomic mass is 9.99. The lowest BCUT2D eigenvalue weighted by Gasteiger charge is -2.40. The SMILES string of the molecule is CC(C)(C)OC=O.C[C@@H]1CNCCN1C1C=CC1. The molecule has 2 atom stereocenters. The summed E-state index contributed by atoms with van der Waals surface area (Å²) >= 11 is 0. The highest BCUT2D eigenvalue weighted by Gasteiger charge is 2.25. The minimum absolute atomic E-state index is 0.318. The molecule has 0 bridgehead atoms. The average Bonchev–Trinajstić information content (AvgIpc) is 2.18. The molecule has 2 rings (SSSR count). The van der Waals surface area contributed by atoms with Crippen molar-refractivity contribution in [3.8, 4) is 0 Å². The molecule has 0 aromatic heterocycles. The maximum Gasteiger partial charge on any atom is 0.293 e. The highest BCUT2D eigenvalue weighted by atomic mass is 16.5. The summed E-state index contributed by atoms with van der Waals surface area (Å²) in [6.45, 7) is 11.8. The number of hydrogen-bond acceptors (Lipinski definition) is 4. The second kappa shape index (κ2) is 6.90. The van der Waals surface area contributed by atoms with Crippen LogP contribution in [0.5, 0.6) is 0 Å². The predicted molar refractivity (Wildman–Crippen MR) is 73.5 cm³/mol. The van der Waals surface area contributed by atoms with Crippen LogP contribution in [0.25, 0.3) is 0 Å². The zero-order valence-electron chi connectivity index (χ0n) is 12.0. The van der Waals surface area contributed by atoms with Gasteiger partial charge in [-0.2, -0.15) is 0 Å². The van der Waals surface area contributed by atoms with Crippen molar-refractivity contribution in [1.29, 1.82) is 0 Å². The van der Waals surface area contributed by atoms with Gasteiger partial charge in [-0.3, -0.25) is 9.69 Å². The Morgan fingerprint density at radius 3 is 2.44 bits per heavy atom. The average molecular weight is 254 g/mol. The maximum atomic E-state index is 9.60. The number of hydrogen-bond donors (Lipinski definition) is 1. The Labute approximate surface area is 110 Å². The third-order valence-electron chi connectivity index (χ3n) is 3.12. The summed E-state index contributed by atoms with van der Waals surface area (Å²) in [5, 5.41) is 3.40. The van der Waals surface area contributed by atoms with Crippen LogP contribution in [0.1, 0.15) is 34.1 Å². The van der Waals surface area contributed by atoms with Crippen molar-refractivity contribution < 1.29 is 9.53 Å². The Kier molecular flexibility index (Phi) is 5.82. The van der Waals surface area contributed by atoms with Crippen molar-refractivity contribution in [2.45, 2.75) is 51.8 Å². The van der Waals surface area contributed by atoms with Gasteiger partial charge in [-0.15, -0.1) is 0 Å². The standard InChI is InChI=1S/C9H16N2.C5H10O2/c1-8-7-10-5-6-11(8)9-3-2-4-9;1-5(2,3)7-4-6/h2-3,8-10H,4-7H2,1H3;4H,1-3H3/t8-,9?;/m1./s1. The van der Waals surface area contributed by atoms with Gasteiger partial charge in [0.1, 0.15) is 5.60 Å². The molecule has 1 fully saturated rings. The fourth-order valence-corrected chi connectivity index (χ4v) is 2.00. The number of piperazine rings is 1. The molecule has 2 aliphatic rings. The maximum absolute atomic E-state index is 9.60. The third kappa shape index (κ3) is 5.19. The molecule has 0 aromatic rings. The monoisotopic (exact) mass is 254 g/mol. The molecule has 0 spiro atoms. The topological polar surface area (TPSA) is 41.6 Å². The third-order valence-corrected chi connectivity index (χ3v) is 3.12. The van der Waals surface area contributed by atoms with E-state index in [2.05, 4.69) is 34.0 Å². The Morgan fingerprint density at radius 2 is 2.11 bits per heavy atom. The van der Waals surface area contributed by atoms with Crippen LogP contribution in [0.15, 0.2) is 12.2 Å². The molecular formula is C14H26N2O2. The first-order chi connectivity index (χ1) is 8.44. The fourth-order valence-electron chi connectivity index (χ4n) is 2.00. The van der Waals surface area contributed by atoms with Crippen molar-refractivity contribution in [2.75, 3.05) is 19.6 Å². The summed E-state index contributed by atoms with van der Waals surface area (Å²) in [4.78, 5) is 12.2. The van der Waals surface area contributed by atoms with Crippen molar-refractivity contribution in [1.82, 2.24) is 10.2 Å². The zero-order valence-corrected chi connectivity index (χ0v) is 12.0. The van der Waals surface area contributed by atoms with Crippen LogP contribution in [-0.4, -0.2) is 48.7 Å². The van der Waals surface area contributed by atoms with Crippen molar-refractivity contribution >= 4 is 6.47 Å². The number of nitrogens with one attached hydrogen (secondary N) is 1. The second-order valence-corrected chi connectivity index (χ2v) is 5.85. The number of carbonyl (C=O) groups excluding carboxylic acids is 1. The van der Waals surface area contributed by atoms with E-state index in [1.54, 1.807) is 0 Å². The van der Waals surface area contributed by atoms with Gasteiger partial charge in [-0.25, -0.2) is 0 Å². The zero-order chi connectivity index (χ0) is 13.6. The summed E-state index contributed by atoms with van der Waals surface area (Å²) in [5.41, 5.74) is -0.318. The molecule has 1 saturated heterocycles. The van der Waals surface area contributed by atoms with Gasteiger partial charge in [0.05, 0.1) is 0 Å². The minimum Gasteiger partial charge on any atom is -0.462 e. The van der Waals surface area contributed by atoms with Gasteiger partial charge in [0, 0.05) is 31.7 Å². The molecule has 1 unspecified atom stereocenters. The van der Waals surface area contributed by atoms with E-state index >= 15 is 0 Å². The van der Waals surface area contributed by atoms with Crippen molar-refractivity contribution in [3.63, 3.8) is 0 Å².